The van der Waals surface area contributed by atoms with Gasteiger partial charge in [0.1, 0.15) is 5.82 Å². The van der Waals surface area contributed by atoms with Gasteiger partial charge in [-0.1, -0.05) is 0 Å². The van der Waals surface area contributed by atoms with Gasteiger partial charge >= 0.3 is 0 Å². The lowest BCUT2D eigenvalue weighted by Crippen LogP contribution is -1.93. The Labute approximate surface area is 85.3 Å². The van der Waals surface area contributed by atoms with Crippen molar-refractivity contribution in [1.82, 2.24) is 9.55 Å². The van der Waals surface area contributed by atoms with Crippen LogP contribution in [0.3, 0.4) is 0 Å². The summed E-state index contributed by atoms with van der Waals surface area (Å²) < 4.78 is 14.9. The third kappa shape index (κ3) is 1.12. The molecule has 14 heavy (non-hydrogen) atoms. The first-order valence-corrected chi connectivity index (χ1v) is 4.96. The lowest BCUT2D eigenvalue weighted by Gasteiger charge is -2.01. The number of aromatic nitrogens is 2. The van der Waals surface area contributed by atoms with Crippen LogP contribution in [0.1, 0.15) is 18.9 Å². The SMILES string of the molecule is Fc1ccc2nc(Cl)n(C3CC3)c2c1. The van der Waals surface area contributed by atoms with Gasteiger partial charge in [0, 0.05) is 6.04 Å². The monoisotopic (exact) mass is 210 g/mol. The summed E-state index contributed by atoms with van der Waals surface area (Å²) in [5.41, 5.74) is 1.57. The van der Waals surface area contributed by atoms with Gasteiger partial charge in [-0.25, -0.2) is 9.37 Å². The van der Waals surface area contributed by atoms with Gasteiger partial charge in [0.25, 0.3) is 0 Å². The summed E-state index contributed by atoms with van der Waals surface area (Å²) in [7, 11) is 0. The van der Waals surface area contributed by atoms with Gasteiger partial charge in [-0.05, 0) is 42.6 Å². The summed E-state index contributed by atoms with van der Waals surface area (Å²) in [6.45, 7) is 0. The molecule has 0 aliphatic heterocycles. The number of nitrogens with zero attached hydrogens (tertiary/aromatic N) is 2. The number of hydrogen-bond acceptors (Lipinski definition) is 1. The smallest absolute Gasteiger partial charge is 0.204 e. The van der Waals surface area contributed by atoms with Crippen molar-refractivity contribution < 1.29 is 4.39 Å². The van der Waals surface area contributed by atoms with E-state index in [0.29, 0.717) is 11.3 Å². The maximum atomic E-state index is 13.0. The van der Waals surface area contributed by atoms with Gasteiger partial charge < -0.3 is 4.57 Å². The Morgan fingerprint density at radius 1 is 1.43 bits per heavy atom. The Morgan fingerprint density at radius 3 is 2.93 bits per heavy atom. The molecule has 0 amide bonds. The fourth-order valence-electron chi connectivity index (χ4n) is 1.72. The standard InChI is InChI=1S/C10H8ClFN2/c11-10-13-8-4-1-6(12)5-9(8)14(10)7-2-3-7/h1,4-5,7H,2-3H2. The Kier molecular flexibility index (Phi) is 1.59. The van der Waals surface area contributed by atoms with E-state index in [1.54, 1.807) is 6.07 Å². The highest BCUT2D eigenvalue weighted by atomic mass is 35.5. The van der Waals surface area contributed by atoms with Crippen LogP contribution in [0.2, 0.25) is 5.28 Å². The molecule has 0 spiro atoms. The molecule has 1 aliphatic carbocycles. The number of hydrogen-bond donors (Lipinski definition) is 0. The van der Waals surface area contributed by atoms with Crippen molar-refractivity contribution in [2.24, 2.45) is 0 Å². The molecular formula is C10H8ClFN2. The zero-order valence-corrected chi connectivity index (χ0v) is 8.13. The van der Waals surface area contributed by atoms with E-state index >= 15 is 0 Å². The highest BCUT2D eigenvalue weighted by molar-refractivity contribution is 6.29. The predicted octanol–water partition coefficient (Wildman–Crippen LogP) is 3.16. The van der Waals surface area contributed by atoms with Crippen LogP contribution in [0.25, 0.3) is 11.0 Å². The summed E-state index contributed by atoms with van der Waals surface area (Å²) in [6, 6.07) is 4.99. The first kappa shape index (κ1) is 8.24. The fraction of sp³-hybridized carbons (Fsp3) is 0.300. The minimum Gasteiger partial charge on any atom is -0.311 e. The number of benzene rings is 1. The second-order valence-corrected chi connectivity index (χ2v) is 3.95. The summed E-state index contributed by atoms with van der Waals surface area (Å²) >= 11 is 5.98. The van der Waals surface area contributed by atoms with Crippen LogP contribution < -0.4 is 0 Å². The lowest BCUT2D eigenvalue weighted by atomic mass is 10.3. The van der Waals surface area contributed by atoms with Crippen molar-refractivity contribution in [1.29, 1.82) is 0 Å². The Balaban J connectivity index is 2.34. The first-order valence-electron chi connectivity index (χ1n) is 4.59. The molecule has 1 fully saturated rings. The molecule has 1 aromatic heterocycles. The van der Waals surface area contributed by atoms with Gasteiger partial charge in [-0.2, -0.15) is 0 Å². The molecule has 0 unspecified atom stereocenters. The van der Waals surface area contributed by atoms with Gasteiger partial charge in [0.05, 0.1) is 11.0 Å². The van der Waals surface area contributed by atoms with Gasteiger partial charge in [0.2, 0.25) is 5.28 Å². The van der Waals surface area contributed by atoms with Crippen LogP contribution >= 0.6 is 11.6 Å². The van der Waals surface area contributed by atoms with E-state index in [2.05, 4.69) is 4.98 Å². The Bertz CT molecular complexity index is 502. The molecule has 1 heterocycles. The number of imidazole rings is 1. The number of fused-ring (bicyclic) bond motifs is 1. The van der Waals surface area contributed by atoms with Gasteiger partial charge in [-0.3, -0.25) is 0 Å². The van der Waals surface area contributed by atoms with Crippen molar-refractivity contribution in [3.8, 4) is 0 Å². The molecule has 0 saturated heterocycles. The molecule has 2 nitrogen and oxygen atoms in total. The lowest BCUT2D eigenvalue weighted by molar-refractivity contribution is 0.628. The molecule has 3 rings (SSSR count). The van der Waals surface area contributed by atoms with E-state index in [1.807, 2.05) is 4.57 Å². The number of halogens is 2. The summed E-state index contributed by atoms with van der Waals surface area (Å²) in [6.07, 6.45) is 2.23. The molecule has 1 aliphatic rings. The van der Waals surface area contributed by atoms with E-state index in [9.17, 15) is 4.39 Å². The minimum atomic E-state index is -0.240. The van der Waals surface area contributed by atoms with Crippen molar-refractivity contribution in [3.63, 3.8) is 0 Å². The summed E-state index contributed by atoms with van der Waals surface area (Å²) in [4.78, 5) is 4.18. The summed E-state index contributed by atoms with van der Waals surface area (Å²) in [5.74, 6) is -0.240. The molecular weight excluding hydrogens is 203 g/mol. The van der Waals surface area contributed by atoms with Crippen molar-refractivity contribution in [2.75, 3.05) is 0 Å². The second-order valence-electron chi connectivity index (χ2n) is 3.62. The average Bonchev–Trinajstić information content (AvgIpc) is 2.90. The third-order valence-electron chi connectivity index (χ3n) is 2.52. The number of rotatable bonds is 1. The normalized spacial score (nSPS) is 16.4. The van der Waals surface area contributed by atoms with Crippen LogP contribution in [0.5, 0.6) is 0 Å². The fourth-order valence-corrected chi connectivity index (χ4v) is 2.04. The molecule has 4 heteroatoms. The van der Waals surface area contributed by atoms with Crippen LogP contribution in [-0.2, 0) is 0 Å². The van der Waals surface area contributed by atoms with Gasteiger partial charge in [-0.15, -0.1) is 0 Å². The van der Waals surface area contributed by atoms with E-state index in [4.69, 9.17) is 11.6 Å². The maximum absolute atomic E-state index is 13.0. The average molecular weight is 211 g/mol. The molecule has 0 radical (unpaired) electrons. The van der Waals surface area contributed by atoms with E-state index in [-0.39, 0.29) is 5.82 Å². The predicted molar refractivity (Wildman–Crippen MR) is 53.0 cm³/mol. The van der Waals surface area contributed by atoms with Crippen LogP contribution in [-0.4, -0.2) is 9.55 Å². The molecule has 0 atom stereocenters. The first-order chi connectivity index (χ1) is 6.75. The third-order valence-corrected chi connectivity index (χ3v) is 2.79. The van der Waals surface area contributed by atoms with Crippen molar-refractivity contribution in [2.45, 2.75) is 18.9 Å². The van der Waals surface area contributed by atoms with Crippen LogP contribution in [0.4, 0.5) is 4.39 Å². The highest BCUT2D eigenvalue weighted by Gasteiger charge is 2.27. The second kappa shape index (κ2) is 2.70. The van der Waals surface area contributed by atoms with Crippen LogP contribution in [0.15, 0.2) is 18.2 Å². The highest BCUT2D eigenvalue weighted by Crippen LogP contribution is 2.39. The largest absolute Gasteiger partial charge is 0.311 e. The van der Waals surface area contributed by atoms with Crippen LogP contribution in [0, 0.1) is 5.82 Å². The Morgan fingerprint density at radius 2 is 2.21 bits per heavy atom. The van der Waals surface area contributed by atoms with Crippen molar-refractivity contribution in [3.05, 3.63) is 29.3 Å². The molecule has 2 aromatic rings. The zero-order valence-electron chi connectivity index (χ0n) is 7.37. The van der Waals surface area contributed by atoms with E-state index < -0.39 is 0 Å². The summed E-state index contributed by atoms with van der Waals surface area (Å²) in [5, 5.41) is 0.466. The zero-order chi connectivity index (χ0) is 9.71. The Hall–Kier alpha value is -1.09. The minimum absolute atomic E-state index is 0.240. The van der Waals surface area contributed by atoms with E-state index in [0.717, 1.165) is 23.9 Å². The quantitative estimate of drug-likeness (QED) is 0.707. The van der Waals surface area contributed by atoms with Gasteiger partial charge in [0.15, 0.2) is 0 Å². The van der Waals surface area contributed by atoms with E-state index in [1.165, 1.54) is 12.1 Å². The molecule has 0 bridgehead atoms. The van der Waals surface area contributed by atoms with Crippen molar-refractivity contribution >= 4 is 22.6 Å². The molecule has 1 aromatic carbocycles. The molecule has 72 valence electrons. The molecule has 1 saturated carbocycles. The topological polar surface area (TPSA) is 17.8 Å². The maximum Gasteiger partial charge on any atom is 0.204 e. The molecule has 0 N–H and O–H groups in total.